The Labute approximate surface area is 225 Å². The first-order valence-corrected chi connectivity index (χ1v) is 12.2. The van der Waals surface area contributed by atoms with E-state index < -0.39 is 5.54 Å². The number of nitrogens with two attached hydrogens (primary N) is 1. The molecule has 0 fully saturated rings. The van der Waals surface area contributed by atoms with E-state index in [2.05, 4.69) is 26.5 Å². The largest absolute Gasteiger partial charge is 0.382 e. The molecule has 0 aliphatic carbocycles. The Morgan fingerprint density at radius 3 is 2.51 bits per heavy atom. The number of benzene rings is 2. The van der Waals surface area contributed by atoms with Gasteiger partial charge in [-0.3, -0.25) is 9.97 Å². The van der Waals surface area contributed by atoms with E-state index in [1.165, 1.54) is 0 Å². The first-order chi connectivity index (χ1) is 18.9. The smallest absolute Gasteiger partial charge is 0.152 e. The summed E-state index contributed by atoms with van der Waals surface area (Å²) < 4.78 is 0. The van der Waals surface area contributed by atoms with Crippen LogP contribution in [0.25, 0.3) is 39.1 Å². The molecule has 4 N–H and O–H groups in total. The molecule has 3 aromatic heterocycles. The molecule has 0 aliphatic rings. The molecule has 0 spiro atoms. The highest BCUT2D eigenvalue weighted by Gasteiger charge is 2.22. The van der Waals surface area contributed by atoms with Crippen molar-refractivity contribution in [1.29, 1.82) is 10.8 Å². The van der Waals surface area contributed by atoms with E-state index in [9.17, 15) is 5.26 Å². The molecule has 5 rings (SSSR count). The Morgan fingerprint density at radius 1 is 0.949 bits per heavy atom. The highest BCUT2D eigenvalue weighted by molar-refractivity contribution is 5.88. The third-order valence-corrected chi connectivity index (χ3v) is 6.30. The summed E-state index contributed by atoms with van der Waals surface area (Å²) in [6, 6.07) is 24.6. The molecule has 9 nitrogen and oxygen atoms in total. The van der Waals surface area contributed by atoms with Crippen molar-refractivity contribution in [2.75, 3.05) is 5.73 Å². The summed E-state index contributed by atoms with van der Waals surface area (Å²) in [6.07, 6.45) is 5.08. The Hall–Kier alpha value is -5.49. The summed E-state index contributed by atoms with van der Waals surface area (Å²) in [5.74, 6) is 0.109. The molecule has 3 heterocycles. The quantitative estimate of drug-likeness (QED) is 0.225. The third kappa shape index (κ3) is 5.17. The fraction of sp³-hybridized carbons (Fsp3) is 0.100. The van der Waals surface area contributed by atoms with Crippen LogP contribution < -0.4 is 11.1 Å². The van der Waals surface area contributed by atoms with Crippen molar-refractivity contribution in [3.63, 3.8) is 0 Å². The van der Waals surface area contributed by atoms with Gasteiger partial charge in [-0.25, -0.2) is 15.5 Å². The normalized spacial score (nSPS) is 11.7. The lowest BCUT2D eigenvalue weighted by atomic mass is 10.00. The van der Waals surface area contributed by atoms with Gasteiger partial charge in [-0.15, -0.1) is 0 Å². The van der Waals surface area contributed by atoms with Crippen LogP contribution in [0.15, 0.2) is 96.5 Å². The average Bonchev–Trinajstić information content (AvgIpc) is 2.98. The molecule has 0 radical (unpaired) electrons. The van der Waals surface area contributed by atoms with Crippen molar-refractivity contribution in [2.45, 2.75) is 19.4 Å². The van der Waals surface area contributed by atoms with Crippen molar-refractivity contribution < 1.29 is 0 Å². The van der Waals surface area contributed by atoms with E-state index >= 15 is 0 Å². The molecular weight excluding hydrogens is 486 g/mol. The first-order valence-electron chi connectivity index (χ1n) is 12.2. The lowest BCUT2D eigenvalue weighted by molar-refractivity contribution is 0.452. The Balaban J connectivity index is 1.66. The van der Waals surface area contributed by atoms with Crippen LogP contribution in [0.5, 0.6) is 0 Å². The highest BCUT2D eigenvalue weighted by Crippen LogP contribution is 2.34. The van der Waals surface area contributed by atoms with Gasteiger partial charge >= 0.3 is 0 Å². The standard InChI is InChI=1S/C30H25N9/c1-30(2,25-10-3-4-13-35-25)36-18-24(39-33)28-29(32)38-27(21-8-5-7-19(15-21)17-31)26(37-28)22-11-12-23-20(16-22)9-6-14-34-23/h3-16,18,33,36H,1-2H3,(H2,32,38)/b24-18-,39-33?. The van der Waals surface area contributed by atoms with E-state index in [1.807, 2.05) is 68.4 Å². The van der Waals surface area contributed by atoms with Crippen LogP contribution in [-0.4, -0.2) is 19.9 Å². The van der Waals surface area contributed by atoms with E-state index in [4.69, 9.17) is 21.2 Å². The number of rotatable bonds is 7. The lowest BCUT2D eigenvalue weighted by Gasteiger charge is -2.25. The van der Waals surface area contributed by atoms with Crippen LogP contribution in [0, 0.1) is 16.9 Å². The van der Waals surface area contributed by atoms with Crippen molar-refractivity contribution in [1.82, 2.24) is 25.3 Å². The minimum absolute atomic E-state index is 0.109. The number of aromatic nitrogens is 4. The molecule has 0 aliphatic heterocycles. The molecule has 2 aromatic carbocycles. The maximum atomic E-state index is 9.45. The fourth-order valence-corrected chi connectivity index (χ4v) is 4.21. The van der Waals surface area contributed by atoms with Crippen LogP contribution in [0.4, 0.5) is 5.82 Å². The predicted molar refractivity (Wildman–Crippen MR) is 151 cm³/mol. The van der Waals surface area contributed by atoms with Gasteiger partial charge in [0.15, 0.2) is 5.82 Å². The monoisotopic (exact) mass is 511 g/mol. The van der Waals surface area contributed by atoms with Gasteiger partial charge in [0.25, 0.3) is 0 Å². The van der Waals surface area contributed by atoms with Crippen LogP contribution in [0.1, 0.15) is 30.8 Å². The SMILES string of the molecule is CC(C)(N/C=C(\N=N)c1nc(-c2ccc3ncccc3c2)c(-c2cccc(C#N)c2)nc1N)c1ccccn1. The topological polar surface area (TPSA) is 150 Å². The second kappa shape index (κ2) is 10.5. The van der Waals surface area contributed by atoms with Crippen LogP contribution in [0.2, 0.25) is 0 Å². The van der Waals surface area contributed by atoms with Gasteiger partial charge < -0.3 is 11.1 Å². The summed E-state index contributed by atoms with van der Waals surface area (Å²) in [5, 5.41) is 17.4. The average molecular weight is 512 g/mol. The van der Waals surface area contributed by atoms with E-state index in [0.717, 1.165) is 22.2 Å². The molecule has 9 heteroatoms. The number of hydrogen-bond acceptors (Lipinski definition) is 9. The highest BCUT2D eigenvalue weighted by atomic mass is 15.1. The van der Waals surface area contributed by atoms with E-state index in [-0.39, 0.29) is 17.2 Å². The molecule has 190 valence electrons. The van der Waals surface area contributed by atoms with Crippen molar-refractivity contribution >= 4 is 22.4 Å². The number of pyridine rings is 2. The van der Waals surface area contributed by atoms with Crippen LogP contribution >= 0.6 is 0 Å². The molecule has 0 saturated heterocycles. The molecule has 0 atom stereocenters. The Morgan fingerprint density at radius 2 is 1.74 bits per heavy atom. The van der Waals surface area contributed by atoms with Gasteiger partial charge in [0.2, 0.25) is 0 Å². The summed E-state index contributed by atoms with van der Waals surface area (Å²) >= 11 is 0. The van der Waals surface area contributed by atoms with Gasteiger partial charge in [0.05, 0.1) is 39.8 Å². The van der Waals surface area contributed by atoms with Crippen molar-refractivity contribution in [3.05, 3.63) is 108 Å². The van der Waals surface area contributed by atoms with Gasteiger partial charge in [-0.05, 0) is 56.3 Å². The summed E-state index contributed by atoms with van der Waals surface area (Å²) in [6.45, 7) is 3.95. The molecule has 0 unspecified atom stereocenters. The second-order valence-corrected chi connectivity index (χ2v) is 9.38. The Kier molecular flexibility index (Phi) is 6.76. The number of nitrogens with one attached hydrogen (secondary N) is 2. The summed E-state index contributed by atoms with van der Waals surface area (Å²) in [5.41, 5.74) is 18.9. The van der Waals surface area contributed by atoms with E-state index in [1.54, 1.807) is 36.8 Å². The first kappa shape index (κ1) is 25.2. The molecule has 0 bridgehead atoms. The molecule has 0 amide bonds. The number of anilines is 1. The molecule has 39 heavy (non-hydrogen) atoms. The van der Waals surface area contributed by atoms with Crippen molar-refractivity contribution in [2.24, 2.45) is 5.11 Å². The zero-order chi connectivity index (χ0) is 27.4. The Bertz CT molecular complexity index is 1750. The summed E-state index contributed by atoms with van der Waals surface area (Å²) in [7, 11) is 0. The molecule has 0 saturated carbocycles. The second-order valence-electron chi connectivity index (χ2n) is 9.38. The number of nitriles is 1. The van der Waals surface area contributed by atoms with Gasteiger partial charge in [0, 0.05) is 35.1 Å². The molecular formula is C30H25N9. The number of nitrogens with zero attached hydrogens (tertiary/aromatic N) is 6. The van der Waals surface area contributed by atoms with Crippen LogP contribution in [-0.2, 0) is 5.54 Å². The van der Waals surface area contributed by atoms with E-state index in [0.29, 0.717) is 22.5 Å². The third-order valence-electron chi connectivity index (χ3n) is 6.30. The summed E-state index contributed by atoms with van der Waals surface area (Å²) in [4.78, 5) is 18.5. The predicted octanol–water partition coefficient (Wildman–Crippen LogP) is 6.06. The molecule has 5 aromatic rings. The number of fused-ring (bicyclic) bond motifs is 1. The minimum atomic E-state index is -0.550. The number of hydrogen-bond donors (Lipinski definition) is 3. The maximum Gasteiger partial charge on any atom is 0.152 e. The van der Waals surface area contributed by atoms with Gasteiger partial charge in [-0.1, -0.05) is 30.3 Å². The minimum Gasteiger partial charge on any atom is -0.382 e. The van der Waals surface area contributed by atoms with Gasteiger partial charge in [-0.2, -0.15) is 10.4 Å². The van der Waals surface area contributed by atoms with Crippen molar-refractivity contribution in [3.8, 4) is 28.6 Å². The number of nitrogen functional groups attached to an aromatic ring is 1. The lowest BCUT2D eigenvalue weighted by Crippen LogP contribution is -2.33. The van der Waals surface area contributed by atoms with Crippen LogP contribution in [0.3, 0.4) is 0 Å². The zero-order valence-electron chi connectivity index (χ0n) is 21.4. The fourth-order valence-electron chi connectivity index (χ4n) is 4.21. The maximum absolute atomic E-state index is 9.45. The van der Waals surface area contributed by atoms with Gasteiger partial charge in [0.1, 0.15) is 11.4 Å². The zero-order valence-corrected chi connectivity index (χ0v) is 21.4.